The number of rotatable bonds is 9. The first-order chi connectivity index (χ1) is 17.3. The number of amides is 3. The number of alkyl halides is 1. The number of hydrogen-bond acceptors (Lipinski definition) is 5. The molecule has 6 atom stereocenters. The molecule has 8 nitrogen and oxygen atoms in total. The second kappa shape index (κ2) is 10.3. The highest BCUT2D eigenvalue weighted by molar-refractivity contribution is 9.09. The smallest absolute Gasteiger partial charge is 0.246 e. The molecule has 0 aliphatic carbocycles. The minimum Gasteiger partial charge on any atom is -0.396 e. The fourth-order valence-electron chi connectivity index (χ4n) is 6.89. The molecule has 3 aliphatic rings. The summed E-state index contributed by atoms with van der Waals surface area (Å²) >= 11 is 3.70. The maximum atomic E-state index is 13.9. The molecule has 1 aromatic carbocycles. The Balaban J connectivity index is 1.62. The minimum atomic E-state index is -1.10. The lowest BCUT2D eigenvalue weighted by molar-refractivity contribution is -0.143. The zero-order chi connectivity index (χ0) is 27.2. The third-order valence-electron chi connectivity index (χ3n) is 7.64. The molecule has 37 heavy (non-hydrogen) atoms. The Morgan fingerprint density at radius 3 is 2.46 bits per heavy atom. The van der Waals surface area contributed by atoms with Gasteiger partial charge in [0.2, 0.25) is 17.7 Å². The SMILES string of the molecule is CC(C)(C)CC(C)(C)NC(=O)C1N(CCCO)C(=O)[C@@H]2[C@H](C(=O)NCc3ccccc3)[C@H]3OC12CC3Br. The van der Waals surface area contributed by atoms with Crippen molar-refractivity contribution in [2.45, 2.75) is 88.5 Å². The van der Waals surface area contributed by atoms with Crippen molar-refractivity contribution in [1.82, 2.24) is 15.5 Å². The van der Waals surface area contributed by atoms with Gasteiger partial charge in [-0.05, 0) is 44.1 Å². The van der Waals surface area contributed by atoms with E-state index in [2.05, 4.69) is 47.3 Å². The molecule has 9 heteroatoms. The Hall–Kier alpha value is -1.97. The van der Waals surface area contributed by atoms with Gasteiger partial charge in [-0.1, -0.05) is 67.0 Å². The molecular formula is C28H40BrN3O5. The van der Waals surface area contributed by atoms with Crippen LogP contribution in [0.3, 0.4) is 0 Å². The minimum absolute atomic E-state index is 0.00905. The third kappa shape index (κ3) is 5.45. The van der Waals surface area contributed by atoms with Crippen LogP contribution in [0.15, 0.2) is 30.3 Å². The van der Waals surface area contributed by atoms with Gasteiger partial charge in [0.05, 0.1) is 17.9 Å². The second-order valence-electron chi connectivity index (χ2n) is 12.6. The summed E-state index contributed by atoms with van der Waals surface area (Å²) in [6.45, 7) is 10.8. The molecule has 1 spiro atoms. The Morgan fingerprint density at radius 1 is 1.16 bits per heavy atom. The number of aliphatic hydroxyl groups is 1. The first-order valence-corrected chi connectivity index (χ1v) is 14.1. The van der Waals surface area contributed by atoms with E-state index in [0.29, 0.717) is 19.4 Å². The lowest BCUT2D eigenvalue weighted by Gasteiger charge is -2.38. The maximum Gasteiger partial charge on any atom is 0.246 e. The molecule has 3 N–H and O–H groups in total. The van der Waals surface area contributed by atoms with Gasteiger partial charge < -0.3 is 25.4 Å². The molecular weight excluding hydrogens is 538 g/mol. The van der Waals surface area contributed by atoms with E-state index in [9.17, 15) is 19.5 Å². The van der Waals surface area contributed by atoms with E-state index < -0.39 is 35.1 Å². The number of carbonyl (C=O) groups is 3. The standard InChI is InChI=1S/C28H40BrN3O5/c1-26(2,3)16-27(4,5)31-24(35)22-28-14-18(29)21(37-28)19(20(28)25(36)32(22)12-9-13-33)23(34)30-15-17-10-7-6-8-11-17/h6-8,10-11,18-22,33H,9,12-16H2,1-5H3,(H,30,34)(H,31,35)/t18?,19-,20-,21-,22?,28?/m0/s1. The molecule has 0 saturated carbocycles. The molecule has 0 radical (unpaired) electrons. The third-order valence-corrected chi connectivity index (χ3v) is 8.49. The summed E-state index contributed by atoms with van der Waals surface area (Å²) in [6.07, 6.45) is 1.05. The van der Waals surface area contributed by atoms with Crippen LogP contribution in [0.2, 0.25) is 0 Å². The van der Waals surface area contributed by atoms with Crippen LogP contribution in [0.4, 0.5) is 0 Å². The van der Waals surface area contributed by atoms with Crippen molar-refractivity contribution in [3.8, 4) is 0 Å². The number of likely N-dealkylation sites (tertiary alicyclic amines) is 1. The van der Waals surface area contributed by atoms with E-state index >= 15 is 0 Å². The van der Waals surface area contributed by atoms with E-state index in [1.807, 2.05) is 44.2 Å². The molecule has 3 aliphatic heterocycles. The summed E-state index contributed by atoms with van der Waals surface area (Å²) in [5.74, 6) is -2.21. The van der Waals surface area contributed by atoms with Crippen LogP contribution in [0.25, 0.3) is 0 Å². The highest BCUT2D eigenvalue weighted by Crippen LogP contribution is 2.60. The lowest BCUT2D eigenvalue weighted by Crippen LogP contribution is -2.59. The zero-order valence-electron chi connectivity index (χ0n) is 22.4. The van der Waals surface area contributed by atoms with Crippen molar-refractivity contribution in [2.75, 3.05) is 13.2 Å². The van der Waals surface area contributed by atoms with Crippen molar-refractivity contribution >= 4 is 33.7 Å². The van der Waals surface area contributed by atoms with Gasteiger partial charge in [0.25, 0.3) is 0 Å². The number of carbonyl (C=O) groups excluding carboxylic acids is 3. The van der Waals surface area contributed by atoms with Gasteiger partial charge in [0.15, 0.2) is 0 Å². The van der Waals surface area contributed by atoms with Crippen LogP contribution in [-0.2, 0) is 25.7 Å². The second-order valence-corrected chi connectivity index (χ2v) is 13.8. The summed E-state index contributed by atoms with van der Waals surface area (Å²) < 4.78 is 6.52. The summed E-state index contributed by atoms with van der Waals surface area (Å²) in [6, 6.07) is 8.74. The molecule has 3 amide bonds. The average Bonchev–Trinajstić information content (AvgIpc) is 3.38. The number of halogens is 1. The average molecular weight is 579 g/mol. The molecule has 3 heterocycles. The lowest BCUT2D eigenvalue weighted by atomic mass is 9.70. The number of benzene rings is 1. The highest BCUT2D eigenvalue weighted by atomic mass is 79.9. The van der Waals surface area contributed by atoms with Crippen LogP contribution >= 0.6 is 15.9 Å². The molecule has 0 aromatic heterocycles. The van der Waals surface area contributed by atoms with Crippen molar-refractivity contribution in [3.63, 3.8) is 0 Å². The Morgan fingerprint density at radius 2 is 1.84 bits per heavy atom. The normalized spacial score (nSPS) is 30.9. The summed E-state index contributed by atoms with van der Waals surface area (Å²) in [7, 11) is 0. The zero-order valence-corrected chi connectivity index (χ0v) is 24.0. The van der Waals surface area contributed by atoms with Crippen LogP contribution in [0, 0.1) is 17.3 Å². The van der Waals surface area contributed by atoms with Crippen molar-refractivity contribution in [3.05, 3.63) is 35.9 Å². The first kappa shape index (κ1) is 28.0. The van der Waals surface area contributed by atoms with Crippen molar-refractivity contribution in [1.29, 1.82) is 0 Å². The van der Waals surface area contributed by atoms with Gasteiger partial charge in [0.1, 0.15) is 11.6 Å². The first-order valence-electron chi connectivity index (χ1n) is 13.2. The van der Waals surface area contributed by atoms with Crippen molar-refractivity contribution in [2.24, 2.45) is 17.3 Å². The van der Waals surface area contributed by atoms with Crippen LogP contribution in [0.5, 0.6) is 0 Å². The van der Waals surface area contributed by atoms with E-state index in [1.54, 1.807) is 4.90 Å². The summed E-state index contributed by atoms with van der Waals surface area (Å²) in [5.41, 5.74) is -0.648. The monoisotopic (exact) mass is 577 g/mol. The van der Waals surface area contributed by atoms with Gasteiger partial charge in [-0.15, -0.1) is 0 Å². The van der Waals surface area contributed by atoms with E-state index in [-0.39, 0.29) is 41.1 Å². The van der Waals surface area contributed by atoms with Gasteiger partial charge >= 0.3 is 0 Å². The highest BCUT2D eigenvalue weighted by Gasteiger charge is 2.76. The molecule has 1 aromatic rings. The quantitative estimate of drug-likeness (QED) is 0.391. The number of aliphatic hydroxyl groups excluding tert-OH is 1. The van der Waals surface area contributed by atoms with Gasteiger partial charge in [-0.2, -0.15) is 0 Å². The molecule has 4 rings (SSSR count). The van der Waals surface area contributed by atoms with Gasteiger partial charge in [0, 0.05) is 30.1 Å². The summed E-state index contributed by atoms with van der Waals surface area (Å²) in [5, 5.41) is 15.7. The predicted octanol–water partition coefficient (Wildman–Crippen LogP) is 2.76. The fourth-order valence-corrected chi connectivity index (χ4v) is 7.83. The predicted molar refractivity (Wildman–Crippen MR) is 144 cm³/mol. The maximum absolute atomic E-state index is 13.9. The Labute approximate surface area is 228 Å². The largest absolute Gasteiger partial charge is 0.396 e. The topological polar surface area (TPSA) is 108 Å². The molecule has 3 saturated heterocycles. The number of fused-ring (bicyclic) bond motifs is 1. The summed E-state index contributed by atoms with van der Waals surface area (Å²) in [4.78, 5) is 42.7. The fraction of sp³-hybridized carbons (Fsp3) is 0.679. The Bertz CT molecular complexity index is 1030. The number of hydrogen-bond donors (Lipinski definition) is 3. The molecule has 204 valence electrons. The Kier molecular flexibility index (Phi) is 7.81. The van der Waals surface area contributed by atoms with Crippen LogP contribution in [-0.4, -0.2) is 69.0 Å². The van der Waals surface area contributed by atoms with Crippen molar-refractivity contribution < 1.29 is 24.2 Å². The van der Waals surface area contributed by atoms with E-state index in [4.69, 9.17) is 4.74 Å². The molecule has 2 bridgehead atoms. The number of ether oxygens (including phenoxy) is 1. The number of nitrogens with zero attached hydrogens (tertiary/aromatic N) is 1. The van der Waals surface area contributed by atoms with Crippen LogP contribution in [0.1, 0.15) is 59.4 Å². The molecule has 3 unspecified atom stereocenters. The molecule has 3 fully saturated rings. The van der Waals surface area contributed by atoms with E-state index in [0.717, 1.165) is 12.0 Å². The van der Waals surface area contributed by atoms with E-state index in [1.165, 1.54) is 0 Å². The number of nitrogens with one attached hydrogen (secondary N) is 2. The van der Waals surface area contributed by atoms with Gasteiger partial charge in [-0.25, -0.2) is 0 Å². The van der Waals surface area contributed by atoms with Crippen LogP contribution < -0.4 is 10.6 Å². The van der Waals surface area contributed by atoms with Gasteiger partial charge in [-0.3, -0.25) is 14.4 Å².